The van der Waals surface area contributed by atoms with Crippen molar-refractivity contribution in [3.05, 3.63) is 67.0 Å². The van der Waals surface area contributed by atoms with Crippen LogP contribution >= 0.6 is 0 Å². The summed E-state index contributed by atoms with van der Waals surface area (Å²) in [6.07, 6.45) is 3.84. The molecule has 4 rings (SSSR count). The zero-order valence-corrected chi connectivity index (χ0v) is 13.4. The quantitative estimate of drug-likeness (QED) is 0.791. The molecule has 0 saturated carbocycles. The van der Waals surface area contributed by atoms with E-state index in [4.69, 9.17) is 9.47 Å². The SMILES string of the molecule is O=S(=O)(Nc1ccc(-n2cccc2)cc1)c1ccc2c(c1)OCO2. The number of benzene rings is 2. The van der Waals surface area contributed by atoms with Crippen molar-refractivity contribution in [2.75, 3.05) is 11.5 Å². The Bertz CT molecular complexity index is 964. The van der Waals surface area contributed by atoms with Crippen LogP contribution in [-0.2, 0) is 10.0 Å². The van der Waals surface area contributed by atoms with Gasteiger partial charge in [-0.2, -0.15) is 0 Å². The van der Waals surface area contributed by atoms with Gasteiger partial charge in [-0.25, -0.2) is 8.42 Å². The molecular weight excluding hydrogens is 328 g/mol. The lowest BCUT2D eigenvalue weighted by atomic mass is 10.3. The molecule has 0 saturated heterocycles. The number of anilines is 1. The fraction of sp³-hybridized carbons (Fsp3) is 0.0588. The molecule has 2 heterocycles. The van der Waals surface area contributed by atoms with Crippen molar-refractivity contribution >= 4 is 15.7 Å². The molecule has 24 heavy (non-hydrogen) atoms. The first kappa shape index (κ1) is 14.6. The lowest BCUT2D eigenvalue weighted by Gasteiger charge is -2.10. The van der Waals surface area contributed by atoms with Gasteiger partial charge in [-0.3, -0.25) is 4.72 Å². The molecule has 0 amide bonds. The minimum Gasteiger partial charge on any atom is -0.454 e. The number of aromatic nitrogens is 1. The Morgan fingerprint density at radius 2 is 1.62 bits per heavy atom. The maximum atomic E-state index is 12.5. The van der Waals surface area contributed by atoms with Crippen molar-refractivity contribution in [1.29, 1.82) is 0 Å². The molecule has 122 valence electrons. The van der Waals surface area contributed by atoms with Crippen molar-refractivity contribution in [2.45, 2.75) is 4.90 Å². The van der Waals surface area contributed by atoms with Crippen LogP contribution in [0.15, 0.2) is 71.9 Å². The van der Waals surface area contributed by atoms with E-state index in [1.54, 1.807) is 18.2 Å². The summed E-state index contributed by atoms with van der Waals surface area (Å²) in [5.41, 5.74) is 1.44. The zero-order valence-electron chi connectivity index (χ0n) is 12.5. The van der Waals surface area contributed by atoms with Gasteiger partial charge in [0.05, 0.1) is 4.90 Å². The predicted molar refractivity (Wildman–Crippen MR) is 89.1 cm³/mol. The molecule has 0 aliphatic carbocycles. The van der Waals surface area contributed by atoms with Gasteiger partial charge in [-0.15, -0.1) is 0 Å². The van der Waals surface area contributed by atoms with Crippen molar-refractivity contribution < 1.29 is 17.9 Å². The Morgan fingerprint density at radius 1 is 0.917 bits per heavy atom. The van der Waals surface area contributed by atoms with Crippen LogP contribution < -0.4 is 14.2 Å². The first-order valence-corrected chi connectivity index (χ1v) is 8.76. The highest BCUT2D eigenvalue weighted by atomic mass is 32.2. The standard InChI is InChI=1S/C17H14N2O4S/c20-24(21,15-7-8-16-17(11-15)23-12-22-16)18-13-3-5-14(6-4-13)19-9-1-2-10-19/h1-11,18H,12H2. The van der Waals surface area contributed by atoms with Crippen LogP contribution in [0, 0.1) is 0 Å². The van der Waals surface area contributed by atoms with E-state index < -0.39 is 10.0 Å². The predicted octanol–water partition coefficient (Wildman–Crippen LogP) is 3.01. The maximum Gasteiger partial charge on any atom is 0.262 e. The van der Waals surface area contributed by atoms with Crippen molar-refractivity contribution in [3.63, 3.8) is 0 Å². The van der Waals surface area contributed by atoms with Gasteiger partial charge >= 0.3 is 0 Å². The molecule has 0 unspecified atom stereocenters. The summed E-state index contributed by atoms with van der Waals surface area (Å²) in [5, 5.41) is 0. The third kappa shape index (κ3) is 2.69. The van der Waals surface area contributed by atoms with Gasteiger partial charge in [-0.05, 0) is 48.5 Å². The second-order valence-electron chi connectivity index (χ2n) is 5.26. The topological polar surface area (TPSA) is 69.6 Å². The number of fused-ring (bicyclic) bond motifs is 1. The number of sulfonamides is 1. The van der Waals surface area contributed by atoms with Gasteiger partial charge in [0.2, 0.25) is 6.79 Å². The largest absolute Gasteiger partial charge is 0.454 e. The van der Waals surface area contributed by atoms with E-state index in [9.17, 15) is 8.42 Å². The summed E-state index contributed by atoms with van der Waals surface area (Å²) in [7, 11) is -3.69. The number of hydrogen-bond acceptors (Lipinski definition) is 4. The van der Waals surface area contributed by atoms with Crippen molar-refractivity contribution in [1.82, 2.24) is 4.57 Å². The molecule has 0 radical (unpaired) electrons. The van der Waals surface area contributed by atoms with Gasteiger partial charge in [0.15, 0.2) is 11.5 Å². The lowest BCUT2D eigenvalue weighted by molar-refractivity contribution is 0.174. The van der Waals surface area contributed by atoms with Crippen LogP contribution in [0.25, 0.3) is 5.69 Å². The molecule has 0 fully saturated rings. The van der Waals surface area contributed by atoms with Gasteiger partial charge in [0, 0.05) is 29.8 Å². The molecule has 6 nitrogen and oxygen atoms in total. The molecule has 0 atom stereocenters. The fourth-order valence-electron chi connectivity index (χ4n) is 2.47. The Labute approximate surface area is 139 Å². The Balaban J connectivity index is 1.57. The molecule has 1 N–H and O–H groups in total. The fourth-order valence-corrected chi connectivity index (χ4v) is 3.54. The monoisotopic (exact) mass is 342 g/mol. The minimum absolute atomic E-state index is 0.104. The van der Waals surface area contributed by atoms with Crippen molar-refractivity contribution in [2.24, 2.45) is 0 Å². The second kappa shape index (κ2) is 5.61. The summed E-state index contributed by atoms with van der Waals surface area (Å²) < 4.78 is 39.9. The summed E-state index contributed by atoms with van der Waals surface area (Å²) >= 11 is 0. The summed E-state index contributed by atoms with van der Waals surface area (Å²) in [6.45, 7) is 0.104. The van der Waals surface area contributed by atoms with Crippen LogP contribution in [0.3, 0.4) is 0 Å². The molecule has 3 aromatic rings. The van der Waals surface area contributed by atoms with E-state index in [0.717, 1.165) is 5.69 Å². The number of ether oxygens (including phenoxy) is 2. The number of nitrogens with one attached hydrogen (secondary N) is 1. The van der Waals surface area contributed by atoms with E-state index >= 15 is 0 Å². The third-order valence-corrected chi connectivity index (χ3v) is 5.06. The average molecular weight is 342 g/mol. The van der Waals surface area contributed by atoms with Crippen molar-refractivity contribution in [3.8, 4) is 17.2 Å². The highest BCUT2D eigenvalue weighted by molar-refractivity contribution is 7.92. The third-order valence-electron chi connectivity index (χ3n) is 3.68. The Hall–Kier alpha value is -2.93. The highest BCUT2D eigenvalue weighted by Gasteiger charge is 2.20. The highest BCUT2D eigenvalue weighted by Crippen LogP contribution is 2.34. The molecule has 0 bridgehead atoms. The van der Waals surface area contributed by atoms with Crippen LogP contribution in [0.5, 0.6) is 11.5 Å². The molecule has 7 heteroatoms. The van der Waals surface area contributed by atoms with Gasteiger partial charge in [-0.1, -0.05) is 0 Å². The first-order valence-electron chi connectivity index (χ1n) is 7.28. The molecule has 0 spiro atoms. The maximum absolute atomic E-state index is 12.5. The molecule has 1 aromatic heterocycles. The van der Waals surface area contributed by atoms with E-state index in [-0.39, 0.29) is 11.7 Å². The average Bonchev–Trinajstić information content (AvgIpc) is 3.26. The van der Waals surface area contributed by atoms with Crippen LogP contribution in [0.4, 0.5) is 5.69 Å². The van der Waals surface area contributed by atoms with Crippen LogP contribution in [0.1, 0.15) is 0 Å². The van der Waals surface area contributed by atoms with Gasteiger partial charge in [0.25, 0.3) is 10.0 Å². The summed E-state index contributed by atoms with van der Waals surface area (Å²) in [6, 6.07) is 15.5. The summed E-state index contributed by atoms with van der Waals surface area (Å²) in [5.74, 6) is 0.978. The Kier molecular flexibility index (Phi) is 3.42. The van der Waals surface area contributed by atoms with Crippen LogP contribution in [-0.4, -0.2) is 19.8 Å². The normalized spacial score (nSPS) is 13.0. The molecular formula is C17H14N2O4S. The molecule has 2 aromatic carbocycles. The number of nitrogens with zero attached hydrogens (tertiary/aromatic N) is 1. The van der Waals surface area contributed by atoms with E-state index in [1.807, 2.05) is 41.2 Å². The lowest BCUT2D eigenvalue weighted by Crippen LogP contribution is -2.12. The van der Waals surface area contributed by atoms with E-state index in [1.165, 1.54) is 12.1 Å². The van der Waals surface area contributed by atoms with Crippen LogP contribution in [0.2, 0.25) is 0 Å². The summed E-state index contributed by atoms with van der Waals surface area (Å²) in [4.78, 5) is 0.126. The second-order valence-corrected chi connectivity index (χ2v) is 6.94. The minimum atomic E-state index is -3.69. The zero-order chi connectivity index (χ0) is 16.6. The van der Waals surface area contributed by atoms with E-state index in [0.29, 0.717) is 17.2 Å². The number of hydrogen-bond donors (Lipinski definition) is 1. The Morgan fingerprint density at radius 3 is 2.38 bits per heavy atom. The van der Waals surface area contributed by atoms with Gasteiger partial charge < -0.3 is 14.0 Å². The van der Waals surface area contributed by atoms with E-state index in [2.05, 4.69) is 4.72 Å². The van der Waals surface area contributed by atoms with Gasteiger partial charge in [0.1, 0.15) is 0 Å². The molecule has 1 aliphatic rings. The molecule has 1 aliphatic heterocycles. The number of rotatable bonds is 4. The first-order chi connectivity index (χ1) is 11.6. The smallest absolute Gasteiger partial charge is 0.262 e.